The summed E-state index contributed by atoms with van der Waals surface area (Å²) in [4.78, 5) is 0. The van der Waals surface area contributed by atoms with Crippen molar-refractivity contribution in [3.8, 4) is 0 Å². The van der Waals surface area contributed by atoms with Crippen LogP contribution in [0.15, 0.2) is 27.8 Å². The van der Waals surface area contributed by atoms with Crippen molar-refractivity contribution in [2.45, 2.75) is 0 Å². The molecule has 1 rings (SSSR count). The monoisotopic (exact) mass is 359 g/mol. The van der Waals surface area contributed by atoms with Gasteiger partial charge in [0.25, 0.3) is 0 Å². The van der Waals surface area contributed by atoms with Crippen molar-refractivity contribution in [2.24, 2.45) is 5.16 Å². The second-order valence-electron chi connectivity index (χ2n) is 2.01. The first-order valence-electron chi connectivity index (χ1n) is 2.98. The van der Waals surface area contributed by atoms with Crippen LogP contribution < -0.4 is 0 Å². The molecule has 0 aliphatic rings. The van der Waals surface area contributed by atoms with Gasteiger partial charge >= 0.3 is 0 Å². The molecule has 0 unspecified atom stereocenters. The van der Waals surface area contributed by atoms with Gasteiger partial charge < -0.3 is 5.21 Å². The summed E-state index contributed by atoms with van der Waals surface area (Å²) < 4.78 is 1.91. The highest BCUT2D eigenvalue weighted by molar-refractivity contribution is 14.1. The second-order valence-corrected chi connectivity index (χ2v) is 4.47. The van der Waals surface area contributed by atoms with Crippen molar-refractivity contribution in [3.63, 3.8) is 0 Å². The van der Waals surface area contributed by atoms with Crippen LogP contribution in [0.1, 0.15) is 5.56 Å². The Bertz CT molecular complexity index is 329. The largest absolute Gasteiger partial charge is 0.410 e. The molecule has 0 saturated heterocycles. The standard InChI is InChI=1S/C7H4BrClINO/c8-6-3-4(10)1-2-5(6)7(9)11-12/h1-3,12H. The second kappa shape index (κ2) is 4.43. The molecule has 0 radical (unpaired) electrons. The number of rotatable bonds is 1. The minimum Gasteiger partial charge on any atom is -0.410 e. The number of halogens is 3. The fourth-order valence-electron chi connectivity index (χ4n) is 0.711. The van der Waals surface area contributed by atoms with Crippen LogP contribution in [0.2, 0.25) is 0 Å². The fraction of sp³-hybridized carbons (Fsp3) is 0. The topological polar surface area (TPSA) is 32.6 Å². The highest BCUT2D eigenvalue weighted by Crippen LogP contribution is 2.21. The maximum absolute atomic E-state index is 8.42. The Labute approximate surface area is 96.9 Å². The summed E-state index contributed by atoms with van der Waals surface area (Å²) >= 11 is 11.1. The van der Waals surface area contributed by atoms with Gasteiger partial charge in [-0.2, -0.15) is 0 Å². The summed E-state index contributed by atoms with van der Waals surface area (Å²) in [5, 5.41) is 11.4. The lowest BCUT2D eigenvalue weighted by molar-refractivity contribution is 0.321. The van der Waals surface area contributed by atoms with E-state index in [4.69, 9.17) is 16.8 Å². The molecular weight excluding hydrogens is 356 g/mol. The maximum atomic E-state index is 8.42. The SMILES string of the molecule is ON=C(Cl)c1ccc(I)cc1Br. The predicted molar refractivity (Wildman–Crippen MR) is 61.0 cm³/mol. The van der Waals surface area contributed by atoms with Gasteiger partial charge in [0.2, 0.25) is 0 Å². The van der Waals surface area contributed by atoms with E-state index in [-0.39, 0.29) is 5.17 Å². The van der Waals surface area contributed by atoms with Crippen molar-refractivity contribution in [1.29, 1.82) is 0 Å². The van der Waals surface area contributed by atoms with Gasteiger partial charge in [-0.25, -0.2) is 0 Å². The maximum Gasteiger partial charge on any atom is 0.176 e. The van der Waals surface area contributed by atoms with Crippen LogP contribution in [0.3, 0.4) is 0 Å². The van der Waals surface area contributed by atoms with Crippen molar-refractivity contribution in [2.75, 3.05) is 0 Å². The third-order valence-corrected chi connectivity index (χ3v) is 2.85. The Morgan fingerprint density at radius 2 is 2.25 bits per heavy atom. The van der Waals surface area contributed by atoms with Crippen LogP contribution in [0, 0.1) is 3.57 Å². The van der Waals surface area contributed by atoms with Gasteiger partial charge in [-0.1, -0.05) is 32.7 Å². The third-order valence-electron chi connectivity index (χ3n) is 1.24. The van der Waals surface area contributed by atoms with Crippen LogP contribution in [-0.4, -0.2) is 10.4 Å². The first-order chi connectivity index (χ1) is 5.65. The van der Waals surface area contributed by atoms with E-state index in [1.165, 1.54) is 0 Å². The van der Waals surface area contributed by atoms with Crippen LogP contribution in [0.4, 0.5) is 0 Å². The van der Waals surface area contributed by atoms with E-state index >= 15 is 0 Å². The number of oxime groups is 1. The molecule has 5 heteroatoms. The highest BCUT2D eigenvalue weighted by atomic mass is 127. The molecule has 2 nitrogen and oxygen atoms in total. The van der Waals surface area contributed by atoms with Gasteiger partial charge in [-0.15, -0.1) is 0 Å². The number of benzene rings is 1. The molecule has 0 aliphatic heterocycles. The quantitative estimate of drug-likeness (QED) is 0.354. The first kappa shape index (κ1) is 10.3. The van der Waals surface area contributed by atoms with Crippen LogP contribution in [0.25, 0.3) is 0 Å². The summed E-state index contributed by atoms with van der Waals surface area (Å²) in [6.45, 7) is 0. The van der Waals surface area contributed by atoms with Gasteiger partial charge in [-0.05, 0) is 40.8 Å². The third kappa shape index (κ3) is 2.34. The first-order valence-corrected chi connectivity index (χ1v) is 5.23. The number of hydrogen-bond donors (Lipinski definition) is 1. The molecule has 12 heavy (non-hydrogen) atoms. The molecule has 0 bridgehead atoms. The number of nitrogens with zero attached hydrogens (tertiary/aromatic N) is 1. The van der Waals surface area contributed by atoms with Gasteiger partial charge in [0.15, 0.2) is 5.17 Å². The normalized spacial score (nSPS) is 11.8. The summed E-state index contributed by atoms with van der Waals surface area (Å²) in [7, 11) is 0. The Hall–Kier alpha value is 0.190. The lowest BCUT2D eigenvalue weighted by Gasteiger charge is -2.00. The molecule has 0 aromatic heterocycles. The van der Waals surface area contributed by atoms with E-state index in [0.29, 0.717) is 5.56 Å². The van der Waals surface area contributed by atoms with Crippen LogP contribution >= 0.6 is 50.1 Å². The molecule has 0 heterocycles. The molecule has 0 amide bonds. The van der Waals surface area contributed by atoms with E-state index in [1.54, 1.807) is 6.07 Å². The average molecular weight is 360 g/mol. The summed E-state index contributed by atoms with van der Waals surface area (Å²) in [6, 6.07) is 5.56. The van der Waals surface area contributed by atoms with Crippen LogP contribution in [0.5, 0.6) is 0 Å². The van der Waals surface area contributed by atoms with E-state index in [0.717, 1.165) is 8.04 Å². The van der Waals surface area contributed by atoms with Gasteiger partial charge in [0, 0.05) is 13.6 Å². The smallest absolute Gasteiger partial charge is 0.176 e. The predicted octanol–water partition coefficient (Wildman–Crippen LogP) is 3.43. The summed E-state index contributed by atoms with van der Waals surface area (Å²) in [5.74, 6) is 0. The zero-order valence-corrected chi connectivity index (χ0v) is 10.3. The molecule has 0 spiro atoms. The highest BCUT2D eigenvalue weighted by Gasteiger charge is 2.05. The van der Waals surface area contributed by atoms with E-state index < -0.39 is 0 Å². The zero-order valence-electron chi connectivity index (χ0n) is 5.76. The Kier molecular flexibility index (Phi) is 3.79. The Morgan fingerprint density at radius 3 is 2.75 bits per heavy atom. The minimum absolute atomic E-state index is 0.0817. The van der Waals surface area contributed by atoms with E-state index in [9.17, 15) is 0 Å². The molecule has 0 fully saturated rings. The molecule has 64 valence electrons. The Balaban J connectivity index is 3.18. The molecule has 0 aliphatic carbocycles. The molecule has 1 aromatic rings. The fourth-order valence-corrected chi connectivity index (χ4v) is 2.48. The van der Waals surface area contributed by atoms with Crippen LogP contribution in [-0.2, 0) is 0 Å². The van der Waals surface area contributed by atoms with Crippen molar-refractivity contribution >= 4 is 55.3 Å². The summed E-state index contributed by atoms with van der Waals surface area (Å²) in [5.41, 5.74) is 0.680. The minimum atomic E-state index is 0.0817. The van der Waals surface area contributed by atoms with Crippen molar-refractivity contribution in [1.82, 2.24) is 0 Å². The molecule has 0 atom stereocenters. The van der Waals surface area contributed by atoms with E-state index in [2.05, 4.69) is 43.7 Å². The lowest BCUT2D eigenvalue weighted by atomic mass is 10.2. The lowest BCUT2D eigenvalue weighted by Crippen LogP contribution is -1.92. The molecular formula is C7H4BrClINO. The summed E-state index contributed by atoms with van der Waals surface area (Å²) in [6.07, 6.45) is 0. The number of hydrogen-bond acceptors (Lipinski definition) is 2. The van der Waals surface area contributed by atoms with Gasteiger partial charge in [0.1, 0.15) is 0 Å². The van der Waals surface area contributed by atoms with E-state index in [1.807, 2.05) is 12.1 Å². The zero-order chi connectivity index (χ0) is 9.14. The van der Waals surface area contributed by atoms with Gasteiger partial charge in [0.05, 0.1) is 0 Å². The average Bonchev–Trinajstić information content (AvgIpc) is 2.03. The van der Waals surface area contributed by atoms with Gasteiger partial charge in [-0.3, -0.25) is 0 Å². The molecule has 1 N–H and O–H groups in total. The van der Waals surface area contributed by atoms with Crippen molar-refractivity contribution < 1.29 is 5.21 Å². The molecule has 0 saturated carbocycles. The molecule has 1 aromatic carbocycles. The van der Waals surface area contributed by atoms with Crippen molar-refractivity contribution in [3.05, 3.63) is 31.8 Å². The Morgan fingerprint density at radius 1 is 1.58 bits per heavy atom.